The third-order valence-corrected chi connectivity index (χ3v) is 2.72. The molecular formula is C14H17N3O2. The Morgan fingerprint density at radius 2 is 2.21 bits per heavy atom. The Hall–Kier alpha value is -2.30. The fourth-order valence-electron chi connectivity index (χ4n) is 1.75. The zero-order chi connectivity index (χ0) is 13.8. The Morgan fingerprint density at radius 3 is 2.95 bits per heavy atom. The van der Waals surface area contributed by atoms with E-state index < -0.39 is 0 Å². The summed E-state index contributed by atoms with van der Waals surface area (Å²) in [5.41, 5.74) is 7.07. The van der Waals surface area contributed by atoms with Gasteiger partial charge in [0.15, 0.2) is 5.75 Å². The highest BCUT2D eigenvalue weighted by molar-refractivity contribution is 5.54. The lowest BCUT2D eigenvalue weighted by Crippen LogP contribution is -2.21. The first-order valence-electron chi connectivity index (χ1n) is 6.21. The van der Waals surface area contributed by atoms with Gasteiger partial charge >= 0.3 is 5.56 Å². The maximum atomic E-state index is 12.1. The van der Waals surface area contributed by atoms with Crippen molar-refractivity contribution >= 4 is 5.69 Å². The lowest BCUT2D eigenvalue weighted by Gasteiger charge is -2.09. The molecule has 0 saturated carbocycles. The number of aryl methyl sites for hydroxylation is 2. The Balaban J connectivity index is 2.36. The number of hydrogen-bond donors (Lipinski definition) is 1. The molecule has 0 radical (unpaired) electrons. The molecule has 1 aromatic heterocycles. The Morgan fingerprint density at radius 1 is 1.42 bits per heavy atom. The largest absolute Gasteiger partial charge is 0.432 e. The van der Waals surface area contributed by atoms with Crippen LogP contribution in [-0.4, -0.2) is 9.55 Å². The molecular weight excluding hydrogens is 242 g/mol. The van der Waals surface area contributed by atoms with Gasteiger partial charge in [-0.2, -0.15) is 0 Å². The van der Waals surface area contributed by atoms with Crippen molar-refractivity contribution in [1.82, 2.24) is 9.55 Å². The highest BCUT2D eigenvalue weighted by Crippen LogP contribution is 2.25. The molecule has 2 N–H and O–H groups in total. The SMILES string of the molecule is CCCn1ccnc(Oc2cc(C)ccc2N)c1=O. The lowest BCUT2D eigenvalue weighted by atomic mass is 10.2. The van der Waals surface area contributed by atoms with Crippen LogP contribution in [0.1, 0.15) is 18.9 Å². The van der Waals surface area contributed by atoms with Crippen molar-refractivity contribution in [2.75, 3.05) is 5.73 Å². The van der Waals surface area contributed by atoms with Crippen molar-refractivity contribution in [1.29, 1.82) is 0 Å². The van der Waals surface area contributed by atoms with E-state index in [2.05, 4.69) is 4.98 Å². The molecule has 0 atom stereocenters. The maximum Gasteiger partial charge on any atom is 0.313 e. The lowest BCUT2D eigenvalue weighted by molar-refractivity contribution is 0.445. The summed E-state index contributed by atoms with van der Waals surface area (Å²) in [6, 6.07) is 5.42. The van der Waals surface area contributed by atoms with Crippen LogP contribution in [-0.2, 0) is 6.54 Å². The molecule has 5 nitrogen and oxygen atoms in total. The third kappa shape index (κ3) is 2.93. The Labute approximate surface area is 111 Å². The summed E-state index contributed by atoms with van der Waals surface area (Å²) in [5, 5.41) is 0. The normalized spacial score (nSPS) is 10.4. The second kappa shape index (κ2) is 5.56. The number of anilines is 1. The van der Waals surface area contributed by atoms with Crippen molar-refractivity contribution in [3.8, 4) is 11.6 Å². The van der Waals surface area contributed by atoms with Crippen LogP contribution in [0, 0.1) is 6.92 Å². The van der Waals surface area contributed by atoms with E-state index in [1.165, 1.54) is 0 Å². The molecule has 100 valence electrons. The van der Waals surface area contributed by atoms with Gasteiger partial charge in [0, 0.05) is 18.9 Å². The average Bonchev–Trinajstić information content (AvgIpc) is 2.39. The molecule has 0 bridgehead atoms. The Bertz CT molecular complexity index is 635. The van der Waals surface area contributed by atoms with Crippen LogP contribution >= 0.6 is 0 Å². The number of benzene rings is 1. The highest BCUT2D eigenvalue weighted by Gasteiger charge is 2.09. The van der Waals surface area contributed by atoms with E-state index in [1.807, 2.05) is 19.9 Å². The highest BCUT2D eigenvalue weighted by atomic mass is 16.5. The van der Waals surface area contributed by atoms with Crippen molar-refractivity contribution in [2.24, 2.45) is 0 Å². The van der Waals surface area contributed by atoms with Gasteiger partial charge in [-0.1, -0.05) is 13.0 Å². The van der Waals surface area contributed by atoms with E-state index in [9.17, 15) is 4.79 Å². The number of rotatable bonds is 4. The molecule has 2 rings (SSSR count). The van der Waals surface area contributed by atoms with Crippen molar-refractivity contribution < 1.29 is 4.74 Å². The van der Waals surface area contributed by atoms with Crippen LogP contribution in [0.4, 0.5) is 5.69 Å². The van der Waals surface area contributed by atoms with Crippen molar-refractivity contribution in [3.63, 3.8) is 0 Å². The van der Waals surface area contributed by atoms with Crippen LogP contribution in [0.5, 0.6) is 11.6 Å². The second-order valence-corrected chi connectivity index (χ2v) is 4.37. The van der Waals surface area contributed by atoms with E-state index in [4.69, 9.17) is 10.5 Å². The predicted octanol–water partition coefficient (Wildman–Crippen LogP) is 2.34. The van der Waals surface area contributed by atoms with Gasteiger partial charge < -0.3 is 15.0 Å². The summed E-state index contributed by atoms with van der Waals surface area (Å²) < 4.78 is 7.12. The smallest absolute Gasteiger partial charge is 0.313 e. The van der Waals surface area contributed by atoms with Crippen LogP contribution in [0.15, 0.2) is 35.4 Å². The minimum Gasteiger partial charge on any atom is -0.432 e. The summed E-state index contributed by atoms with van der Waals surface area (Å²) in [7, 11) is 0. The molecule has 0 amide bonds. The summed E-state index contributed by atoms with van der Waals surface area (Å²) in [6.07, 6.45) is 4.08. The second-order valence-electron chi connectivity index (χ2n) is 4.37. The van der Waals surface area contributed by atoms with Gasteiger partial charge in [-0.05, 0) is 31.0 Å². The number of aromatic nitrogens is 2. The van der Waals surface area contributed by atoms with E-state index in [1.54, 1.807) is 29.1 Å². The zero-order valence-corrected chi connectivity index (χ0v) is 11.1. The molecule has 0 fully saturated rings. The number of nitrogens with two attached hydrogens (primary N) is 1. The fraction of sp³-hybridized carbons (Fsp3) is 0.286. The molecule has 0 aliphatic heterocycles. The van der Waals surface area contributed by atoms with E-state index in [0.29, 0.717) is 18.0 Å². The molecule has 0 unspecified atom stereocenters. The molecule has 0 saturated heterocycles. The van der Waals surface area contributed by atoms with Crippen LogP contribution < -0.4 is 16.0 Å². The minimum atomic E-state index is -0.245. The number of hydrogen-bond acceptors (Lipinski definition) is 4. The average molecular weight is 259 g/mol. The summed E-state index contributed by atoms with van der Waals surface area (Å²) in [6.45, 7) is 4.58. The monoisotopic (exact) mass is 259 g/mol. The topological polar surface area (TPSA) is 70.1 Å². The van der Waals surface area contributed by atoms with Crippen LogP contribution in [0.25, 0.3) is 0 Å². The molecule has 5 heteroatoms. The van der Waals surface area contributed by atoms with E-state index in [0.717, 1.165) is 12.0 Å². The summed E-state index contributed by atoms with van der Waals surface area (Å²) >= 11 is 0. The minimum absolute atomic E-state index is 0.0493. The van der Waals surface area contributed by atoms with Crippen LogP contribution in [0.2, 0.25) is 0 Å². The molecule has 0 aliphatic carbocycles. The van der Waals surface area contributed by atoms with Gasteiger partial charge in [-0.3, -0.25) is 4.79 Å². The molecule has 1 aromatic carbocycles. The van der Waals surface area contributed by atoms with Gasteiger partial charge in [-0.15, -0.1) is 0 Å². The van der Waals surface area contributed by atoms with Crippen LogP contribution in [0.3, 0.4) is 0 Å². The summed E-state index contributed by atoms with van der Waals surface area (Å²) in [4.78, 5) is 16.1. The van der Waals surface area contributed by atoms with E-state index >= 15 is 0 Å². The van der Waals surface area contributed by atoms with Gasteiger partial charge in [-0.25, -0.2) is 4.98 Å². The molecule has 1 heterocycles. The first-order chi connectivity index (χ1) is 9.11. The van der Waals surface area contributed by atoms with Gasteiger partial charge in [0.25, 0.3) is 5.88 Å². The summed E-state index contributed by atoms with van der Waals surface area (Å²) in [5.74, 6) is 0.507. The first kappa shape index (κ1) is 13.1. The molecule has 2 aromatic rings. The molecule has 19 heavy (non-hydrogen) atoms. The van der Waals surface area contributed by atoms with Crippen molar-refractivity contribution in [3.05, 3.63) is 46.5 Å². The third-order valence-electron chi connectivity index (χ3n) is 2.72. The standard InChI is InChI=1S/C14H17N3O2/c1-3-7-17-8-6-16-13(14(17)18)19-12-9-10(2)4-5-11(12)15/h4-6,8-9H,3,7,15H2,1-2H3. The van der Waals surface area contributed by atoms with Gasteiger partial charge in [0.05, 0.1) is 5.69 Å². The van der Waals surface area contributed by atoms with Crippen molar-refractivity contribution in [2.45, 2.75) is 26.8 Å². The fourth-order valence-corrected chi connectivity index (χ4v) is 1.75. The number of nitrogens with zero attached hydrogens (tertiary/aromatic N) is 2. The number of ether oxygens (including phenoxy) is 1. The van der Waals surface area contributed by atoms with E-state index in [-0.39, 0.29) is 11.4 Å². The Kier molecular flexibility index (Phi) is 3.85. The number of nitrogen functional groups attached to an aromatic ring is 1. The van der Waals surface area contributed by atoms with Gasteiger partial charge in [0.2, 0.25) is 0 Å². The molecule has 0 spiro atoms. The maximum absolute atomic E-state index is 12.1. The molecule has 0 aliphatic rings. The van der Waals surface area contributed by atoms with Gasteiger partial charge in [0.1, 0.15) is 0 Å². The quantitative estimate of drug-likeness (QED) is 0.855. The zero-order valence-electron chi connectivity index (χ0n) is 11.1. The first-order valence-corrected chi connectivity index (χ1v) is 6.21. The predicted molar refractivity (Wildman–Crippen MR) is 74.5 cm³/mol.